The Bertz CT molecular complexity index is 389. The van der Waals surface area contributed by atoms with E-state index >= 15 is 0 Å². The van der Waals surface area contributed by atoms with Crippen molar-refractivity contribution in [3.8, 4) is 0 Å². The maximum absolute atomic E-state index is 12.6. The Kier molecular flexibility index (Phi) is 27.4. The summed E-state index contributed by atoms with van der Waals surface area (Å²) in [6.45, 7) is 9.17. The number of hydrogen-bond donors (Lipinski definition) is 1. The van der Waals surface area contributed by atoms with Gasteiger partial charge in [0.05, 0.1) is 13.2 Å². The van der Waals surface area contributed by atoms with Crippen molar-refractivity contribution < 1.29 is 23.5 Å². The summed E-state index contributed by atoms with van der Waals surface area (Å²) < 4.78 is 23.8. The van der Waals surface area contributed by atoms with Gasteiger partial charge in [-0.1, -0.05) is 118 Å². The molecular formula is C25H53O5P. The topological polar surface area (TPSA) is 72.8 Å². The summed E-state index contributed by atoms with van der Waals surface area (Å²) >= 11 is 0. The highest BCUT2D eigenvalue weighted by Crippen LogP contribution is 2.47. The fourth-order valence-electron chi connectivity index (χ4n) is 3.10. The standard InChI is InChI=1S/C22H47O3P.C3H6O2/c1-4-7-9-11-13-15-17-19-21-24-26(23,6-3)25-22-20-18-16-14-12-10-8-5-2;1-2-3(4)5/h4-22H2,1-3H3;2H2,1H3,(H,4,5). The van der Waals surface area contributed by atoms with Crippen LogP contribution in [0.1, 0.15) is 137 Å². The second-order valence-corrected chi connectivity index (χ2v) is 10.7. The van der Waals surface area contributed by atoms with Crippen molar-refractivity contribution in [2.75, 3.05) is 19.4 Å². The van der Waals surface area contributed by atoms with E-state index in [9.17, 15) is 9.36 Å². The van der Waals surface area contributed by atoms with E-state index in [0.717, 1.165) is 12.8 Å². The van der Waals surface area contributed by atoms with Gasteiger partial charge in [0.25, 0.3) is 0 Å². The van der Waals surface area contributed by atoms with Crippen LogP contribution in [0.2, 0.25) is 0 Å². The first-order valence-electron chi connectivity index (χ1n) is 13.1. The van der Waals surface area contributed by atoms with Gasteiger partial charge in [-0.25, -0.2) is 0 Å². The van der Waals surface area contributed by atoms with Gasteiger partial charge in [0.1, 0.15) is 0 Å². The zero-order chi connectivity index (χ0) is 23.6. The number of unbranched alkanes of at least 4 members (excludes halogenated alkanes) is 14. The number of carbonyl (C=O) groups is 1. The first-order valence-corrected chi connectivity index (χ1v) is 14.8. The van der Waals surface area contributed by atoms with Gasteiger partial charge in [-0.2, -0.15) is 0 Å². The zero-order valence-electron chi connectivity index (χ0n) is 21.2. The second kappa shape index (κ2) is 25.9. The Morgan fingerprint density at radius 3 is 1.16 bits per heavy atom. The summed E-state index contributed by atoms with van der Waals surface area (Å²) in [5.41, 5.74) is 0. The third-order valence-electron chi connectivity index (χ3n) is 5.26. The largest absolute Gasteiger partial charge is 0.481 e. The predicted octanol–water partition coefficient (Wildman–Crippen LogP) is 9.00. The van der Waals surface area contributed by atoms with Crippen LogP contribution in [0.25, 0.3) is 0 Å². The number of aliphatic carboxylic acids is 1. The molecule has 0 atom stereocenters. The molecule has 0 aliphatic heterocycles. The zero-order valence-corrected chi connectivity index (χ0v) is 22.1. The van der Waals surface area contributed by atoms with Gasteiger partial charge in [-0.3, -0.25) is 9.36 Å². The minimum atomic E-state index is -2.84. The first-order chi connectivity index (χ1) is 15.0. The summed E-state index contributed by atoms with van der Waals surface area (Å²) in [5, 5.41) is 7.72. The molecule has 0 aromatic rings. The molecule has 0 fully saturated rings. The normalized spacial score (nSPS) is 11.2. The van der Waals surface area contributed by atoms with Crippen molar-refractivity contribution in [3.05, 3.63) is 0 Å². The Morgan fingerprint density at radius 1 is 0.613 bits per heavy atom. The molecule has 0 heterocycles. The van der Waals surface area contributed by atoms with Crippen LogP contribution in [0.4, 0.5) is 0 Å². The quantitative estimate of drug-likeness (QED) is 0.128. The summed E-state index contributed by atoms with van der Waals surface area (Å²) in [7, 11) is -2.84. The summed E-state index contributed by atoms with van der Waals surface area (Å²) in [4.78, 5) is 9.37. The first kappa shape index (κ1) is 32.8. The summed E-state index contributed by atoms with van der Waals surface area (Å²) in [5.74, 6) is -0.745. The van der Waals surface area contributed by atoms with Crippen LogP contribution in [-0.4, -0.2) is 30.5 Å². The van der Waals surface area contributed by atoms with Gasteiger partial charge in [-0.15, -0.1) is 0 Å². The molecule has 0 aliphatic carbocycles. The molecule has 0 radical (unpaired) electrons. The highest BCUT2D eigenvalue weighted by molar-refractivity contribution is 7.53. The maximum atomic E-state index is 12.6. The number of rotatable bonds is 22. The minimum absolute atomic E-state index is 0.222. The molecule has 0 aliphatic rings. The minimum Gasteiger partial charge on any atom is -0.481 e. The molecule has 188 valence electrons. The predicted molar refractivity (Wildman–Crippen MR) is 133 cm³/mol. The smallest absolute Gasteiger partial charge is 0.330 e. The van der Waals surface area contributed by atoms with Crippen molar-refractivity contribution in [1.82, 2.24) is 0 Å². The van der Waals surface area contributed by atoms with Crippen LogP contribution >= 0.6 is 7.60 Å². The Labute approximate surface area is 193 Å². The molecule has 0 spiro atoms. The van der Waals surface area contributed by atoms with Crippen LogP contribution in [-0.2, 0) is 18.4 Å². The second-order valence-electron chi connectivity index (χ2n) is 8.29. The lowest BCUT2D eigenvalue weighted by atomic mass is 10.1. The highest BCUT2D eigenvalue weighted by Gasteiger charge is 2.21. The van der Waals surface area contributed by atoms with Gasteiger partial charge in [0, 0.05) is 12.6 Å². The van der Waals surface area contributed by atoms with Crippen molar-refractivity contribution in [2.24, 2.45) is 0 Å². The molecule has 0 amide bonds. The molecule has 0 bridgehead atoms. The molecule has 0 unspecified atom stereocenters. The molecule has 0 saturated carbocycles. The van der Waals surface area contributed by atoms with E-state index in [2.05, 4.69) is 13.8 Å². The molecule has 0 saturated heterocycles. The van der Waals surface area contributed by atoms with Gasteiger partial charge < -0.3 is 14.2 Å². The van der Waals surface area contributed by atoms with Crippen LogP contribution in [0.15, 0.2) is 0 Å². The third kappa shape index (κ3) is 27.6. The molecule has 0 rings (SSSR count). The fraction of sp³-hybridized carbons (Fsp3) is 0.960. The summed E-state index contributed by atoms with van der Waals surface area (Å²) in [6, 6.07) is 0. The molecule has 0 aromatic heterocycles. The third-order valence-corrected chi connectivity index (χ3v) is 7.19. The molecule has 6 heteroatoms. The van der Waals surface area contributed by atoms with Crippen LogP contribution in [0, 0.1) is 0 Å². The van der Waals surface area contributed by atoms with Crippen molar-refractivity contribution in [1.29, 1.82) is 0 Å². The van der Waals surface area contributed by atoms with Crippen LogP contribution in [0.5, 0.6) is 0 Å². The molecular weight excluding hydrogens is 411 g/mol. The van der Waals surface area contributed by atoms with Crippen molar-refractivity contribution >= 4 is 13.6 Å². The van der Waals surface area contributed by atoms with Gasteiger partial charge in [0.15, 0.2) is 0 Å². The lowest BCUT2D eigenvalue weighted by molar-refractivity contribution is -0.136. The summed E-state index contributed by atoms with van der Waals surface area (Å²) in [6.07, 6.45) is 21.0. The maximum Gasteiger partial charge on any atom is 0.330 e. The van der Waals surface area contributed by atoms with Crippen molar-refractivity contribution in [3.63, 3.8) is 0 Å². The molecule has 31 heavy (non-hydrogen) atoms. The lowest BCUT2D eigenvalue weighted by Gasteiger charge is -2.17. The molecule has 5 nitrogen and oxygen atoms in total. The van der Waals surface area contributed by atoms with E-state index in [-0.39, 0.29) is 6.42 Å². The van der Waals surface area contributed by atoms with E-state index < -0.39 is 13.6 Å². The fourth-order valence-corrected chi connectivity index (χ4v) is 4.35. The monoisotopic (exact) mass is 464 g/mol. The Hall–Kier alpha value is -0.380. The van der Waals surface area contributed by atoms with E-state index in [1.807, 2.05) is 6.92 Å². The van der Waals surface area contributed by atoms with Crippen molar-refractivity contribution in [2.45, 2.75) is 137 Å². The van der Waals surface area contributed by atoms with Gasteiger partial charge in [0.2, 0.25) is 0 Å². The van der Waals surface area contributed by atoms with Crippen LogP contribution < -0.4 is 0 Å². The molecule has 0 aromatic carbocycles. The average Bonchev–Trinajstić information content (AvgIpc) is 2.77. The van der Waals surface area contributed by atoms with Gasteiger partial charge >= 0.3 is 13.6 Å². The Balaban J connectivity index is 0. The van der Waals surface area contributed by atoms with E-state index in [4.69, 9.17) is 14.2 Å². The van der Waals surface area contributed by atoms with Gasteiger partial charge in [-0.05, 0) is 12.8 Å². The number of carboxylic acid groups (broad SMARTS) is 1. The van der Waals surface area contributed by atoms with Crippen LogP contribution in [0.3, 0.4) is 0 Å². The van der Waals surface area contributed by atoms with E-state index in [1.165, 1.54) is 89.9 Å². The highest BCUT2D eigenvalue weighted by atomic mass is 31.2. The van der Waals surface area contributed by atoms with E-state index in [0.29, 0.717) is 19.4 Å². The number of carboxylic acids is 1. The lowest BCUT2D eigenvalue weighted by Crippen LogP contribution is -2.01. The number of hydrogen-bond acceptors (Lipinski definition) is 4. The SMILES string of the molecule is CCC(=O)O.CCCCCCCCCCOP(=O)(CC)OCCCCCCCCCC. The average molecular weight is 465 g/mol. The Morgan fingerprint density at radius 2 is 0.903 bits per heavy atom. The van der Waals surface area contributed by atoms with E-state index in [1.54, 1.807) is 6.92 Å². The molecule has 1 N–H and O–H groups in total.